The van der Waals surface area contributed by atoms with E-state index in [0.717, 1.165) is 55.3 Å². The first-order valence-electron chi connectivity index (χ1n) is 19.3. The molecule has 0 bridgehead atoms. The minimum absolute atomic E-state index is 0. The summed E-state index contributed by atoms with van der Waals surface area (Å²) in [5.41, 5.74) is 8.39. The van der Waals surface area contributed by atoms with Gasteiger partial charge in [0.1, 0.15) is 0 Å². The zero-order valence-corrected chi connectivity index (χ0v) is 32.9. The molecule has 5 nitrogen and oxygen atoms in total. The fourth-order valence-corrected chi connectivity index (χ4v) is 7.53. The van der Waals surface area contributed by atoms with Gasteiger partial charge in [0.05, 0.1) is 30.5 Å². The molecule has 0 fully saturated rings. The van der Waals surface area contributed by atoms with Crippen LogP contribution in [0.5, 0.6) is 0 Å². The Hall–Kier alpha value is -4.68. The second-order valence-electron chi connectivity index (χ2n) is 13.8. The van der Waals surface area contributed by atoms with E-state index >= 15 is 0 Å². The predicted molar refractivity (Wildman–Crippen MR) is 210 cm³/mol. The Bertz CT molecular complexity index is 2650. The molecule has 0 unspecified atom stereocenters. The third-order valence-corrected chi connectivity index (χ3v) is 10.5. The van der Waals surface area contributed by atoms with Crippen molar-refractivity contribution in [2.75, 3.05) is 0 Å². The summed E-state index contributed by atoms with van der Waals surface area (Å²) in [4.78, 5) is 14.0. The molecule has 8 rings (SSSR count). The second-order valence-corrected chi connectivity index (χ2v) is 18.8. The Balaban J connectivity index is 0.000000188. The number of aromatic nitrogens is 4. The fourth-order valence-electron chi connectivity index (χ4n) is 6.13. The molecule has 4 aromatic carbocycles. The van der Waals surface area contributed by atoms with Crippen molar-refractivity contribution in [2.45, 2.75) is 53.6 Å². The van der Waals surface area contributed by atoms with Gasteiger partial charge in [-0.25, -0.2) is 4.98 Å². The van der Waals surface area contributed by atoms with E-state index in [4.69, 9.17) is 16.3 Å². The van der Waals surface area contributed by atoms with Crippen LogP contribution in [0.3, 0.4) is 0 Å². The van der Waals surface area contributed by atoms with Crippen LogP contribution in [0.15, 0.2) is 114 Å². The van der Waals surface area contributed by atoms with E-state index in [-0.39, 0.29) is 31.6 Å². The Morgan fingerprint density at radius 2 is 1.69 bits per heavy atom. The molecule has 0 saturated heterocycles. The smallest absolute Gasteiger partial charge is 0.216 e. The monoisotopic (exact) mass is 868 g/mol. The SMILES string of the molecule is Cc1ccc2c(n1)oc1c(-c3nc4ccccc4n3-c3ccccc3)[c-]ccc12.[2H]C([2H])([2H])c1c[c-]c(-c2cc(C([2H])([2H])C(C)C)c([Si](C)(C)C)cn2)cc1.[Ir]. The number of pyridine rings is 2. The first-order chi connectivity index (χ1) is 26.0. The van der Waals surface area contributed by atoms with Gasteiger partial charge < -0.3 is 14.0 Å². The number of hydrogen-bond acceptors (Lipinski definition) is 4. The van der Waals surface area contributed by atoms with Gasteiger partial charge in [-0.1, -0.05) is 93.3 Å². The Labute approximate surface area is 322 Å². The largest absolute Gasteiger partial charge is 0.486 e. The molecule has 0 saturated carbocycles. The van der Waals surface area contributed by atoms with E-state index in [9.17, 15) is 0 Å². The van der Waals surface area contributed by atoms with Crippen molar-refractivity contribution in [3.8, 4) is 28.3 Å². The molecule has 0 spiro atoms. The van der Waals surface area contributed by atoms with Gasteiger partial charge in [-0.2, -0.15) is 0 Å². The number of imidazole rings is 1. The fraction of sp³-hybridized carbons (Fsp3) is 0.205. The van der Waals surface area contributed by atoms with E-state index in [2.05, 4.69) is 70.6 Å². The predicted octanol–water partition coefficient (Wildman–Crippen LogP) is 10.7. The van der Waals surface area contributed by atoms with Gasteiger partial charge in [0, 0.05) is 49.9 Å². The molecule has 4 aromatic heterocycles. The molecule has 0 aliphatic rings. The molecule has 1 radical (unpaired) electrons. The number of benzene rings is 4. The van der Waals surface area contributed by atoms with Crippen LogP contribution >= 0.6 is 0 Å². The Kier molecular flexibility index (Phi) is 8.75. The average Bonchev–Trinajstić information content (AvgIpc) is 3.73. The summed E-state index contributed by atoms with van der Waals surface area (Å²) < 4.78 is 47.9. The van der Waals surface area contributed by atoms with Crippen LogP contribution in [0.1, 0.15) is 37.5 Å². The minimum Gasteiger partial charge on any atom is -0.486 e. The van der Waals surface area contributed by atoms with E-state index in [0.29, 0.717) is 22.5 Å². The van der Waals surface area contributed by atoms with Gasteiger partial charge in [0.25, 0.3) is 0 Å². The molecule has 0 aliphatic heterocycles. The molecule has 0 atom stereocenters. The summed E-state index contributed by atoms with van der Waals surface area (Å²) in [6.07, 6.45) is 0.328. The average molecular weight is 868 g/mol. The van der Waals surface area contributed by atoms with Crippen molar-refractivity contribution < 1.29 is 31.4 Å². The van der Waals surface area contributed by atoms with Crippen LogP contribution in [0, 0.1) is 31.8 Å². The van der Waals surface area contributed by atoms with Gasteiger partial charge in [0.15, 0.2) is 0 Å². The molecule has 4 heterocycles. The first kappa shape index (κ1) is 30.0. The van der Waals surface area contributed by atoms with E-state index in [1.807, 2.05) is 81.4 Å². The zero-order valence-electron chi connectivity index (χ0n) is 34.5. The van der Waals surface area contributed by atoms with Crippen LogP contribution in [0.4, 0.5) is 0 Å². The summed E-state index contributed by atoms with van der Waals surface area (Å²) >= 11 is 0. The topological polar surface area (TPSA) is 56.7 Å². The van der Waals surface area contributed by atoms with E-state index < -0.39 is 21.3 Å². The van der Waals surface area contributed by atoms with Gasteiger partial charge in [-0.3, -0.25) is 4.98 Å². The van der Waals surface area contributed by atoms with Crippen molar-refractivity contribution in [2.24, 2.45) is 5.92 Å². The van der Waals surface area contributed by atoms with Crippen LogP contribution < -0.4 is 5.19 Å². The maximum Gasteiger partial charge on any atom is 0.216 e. The number of hydrogen-bond donors (Lipinski definition) is 0. The van der Waals surface area contributed by atoms with Gasteiger partial charge >= 0.3 is 0 Å². The van der Waals surface area contributed by atoms with Crippen LogP contribution in [0.2, 0.25) is 19.6 Å². The van der Waals surface area contributed by atoms with Crippen molar-refractivity contribution in [1.29, 1.82) is 0 Å². The van der Waals surface area contributed by atoms with E-state index in [1.54, 1.807) is 18.3 Å². The normalized spacial score (nSPS) is 13.5. The zero-order chi connectivity index (χ0) is 39.3. The molecule has 51 heavy (non-hydrogen) atoms. The second kappa shape index (κ2) is 14.9. The Morgan fingerprint density at radius 3 is 2.41 bits per heavy atom. The van der Waals surface area contributed by atoms with Crippen molar-refractivity contribution in [3.63, 3.8) is 0 Å². The molecule has 0 amide bonds. The molecular formula is C44H42IrN4OSi-2. The third-order valence-electron chi connectivity index (χ3n) is 8.48. The number of rotatable bonds is 6. The van der Waals surface area contributed by atoms with Crippen molar-refractivity contribution in [1.82, 2.24) is 19.5 Å². The standard InChI is InChI=1S/C25H16N3O.C19H26NSi.Ir/c1-16-14-15-19-18-10-7-11-20(23(18)29-25(19)26-16)24-27-21-12-5-6-13-22(21)28(24)17-8-3-2-4-9-17;1-14(2)11-17-12-18(16-9-7-15(3)8-10-16)20-13-19(17)21(4,5)6;/h2-10,12-15H,1H3;7-9,12-14H,11H2,1-6H3;/q2*-1;/i;3D3,11D2;. The maximum absolute atomic E-state index is 8.59. The van der Waals surface area contributed by atoms with Crippen molar-refractivity contribution >= 4 is 46.4 Å². The number of fused-ring (bicyclic) bond motifs is 4. The van der Waals surface area contributed by atoms with Gasteiger partial charge in [-0.05, 0) is 66.5 Å². The summed E-state index contributed by atoms with van der Waals surface area (Å²) in [5, 5.41) is 3.04. The molecular weight excluding hydrogens is 821 g/mol. The number of furan rings is 1. The molecule has 259 valence electrons. The Morgan fingerprint density at radius 1 is 0.902 bits per heavy atom. The van der Waals surface area contributed by atoms with Gasteiger partial charge in [-0.15, -0.1) is 53.6 Å². The van der Waals surface area contributed by atoms with Gasteiger partial charge in [0.2, 0.25) is 5.71 Å². The van der Waals surface area contributed by atoms with E-state index in [1.165, 1.54) is 6.07 Å². The van der Waals surface area contributed by atoms with Crippen LogP contribution in [0.25, 0.3) is 61.4 Å². The summed E-state index contributed by atoms with van der Waals surface area (Å²) in [5.74, 6) is 0.633. The summed E-state index contributed by atoms with van der Waals surface area (Å²) in [6.45, 7) is 10.1. The van der Waals surface area contributed by atoms with Crippen molar-refractivity contribution in [3.05, 3.63) is 138 Å². The summed E-state index contributed by atoms with van der Waals surface area (Å²) in [6, 6.07) is 39.3. The first-order valence-corrected chi connectivity index (χ1v) is 20.3. The molecule has 8 aromatic rings. The minimum atomic E-state index is -2.16. The number of para-hydroxylation sites is 3. The van der Waals surface area contributed by atoms with Crippen LogP contribution in [-0.2, 0) is 26.5 Å². The third kappa shape index (κ3) is 7.52. The van der Waals surface area contributed by atoms with Crippen LogP contribution in [-0.4, -0.2) is 27.6 Å². The molecule has 0 N–H and O–H groups in total. The number of nitrogens with zero attached hydrogens (tertiary/aromatic N) is 4. The molecule has 0 aliphatic carbocycles. The maximum atomic E-state index is 8.59. The summed E-state index contributed by atoms with van der Waals surface area (Å²) in [7, 11) is -1.78. The quantitative estimate of drug-likeness (QED) is 0.123. The molecule has 7 heteroatoms. The number of aryl methyl sites for hydroxylation is 2.